The summed E-state index contributed by atoms with van der Waals surface area (Å²) in [7, 11) is 0. The molecule has 98 valence electrons. The molecule has 0 spiro atoms. The molecule has 0 radical (unpaired) electrons. The lowest BCUT2D eigenvalue weighted by Gasteiger charge is -2.12. The Morgan fingerprint density at radius 2 is 1.79 bits per heavy atom. The van der Waals surface area contributed by atoms with Crippen molar-refractivity contribution in [3.63, 3.8) is 0 Å². The molecular formula is C15H12F2O2. The molecule has 2 aromatic rings. The SMILES string of the molecule is Cc1cc(C)c(-c2ccc(F)cc2C(=O)O)c(F)c1. The third-order valence-electron chi connectivity index (χ3n) is 2.91. The standard InChI is InChI=1S/C15H12F2O2/c1-8-5-9(2)14(13(17)6-8)11-4-3-10(16)7-12(11)15(18)19/h3-7H,1-2H3,(H,18,19). The van der Waals surface area contributed by atoms with Crippen LogP contribution >= 0.6 is 0 Å². The van der Waals surface area contributed by atoms with Crippen LogP contribution < -0.4 is 0 Å². The molecule has 1 N–H and O–H groups in total. The summed E-state index contributed by atoms with van der Waals surface area (Å²) in [6.45, 7) is 3.45. The number of aryl methyl sites for hydroxylation is 2. The van der Waals surface area contributed by atoms with Gasteiger partial charge in [0.15, 0.2) is 0 Å². The van der Waals surface area contributed by atoms with Crippen LogP contribution in [-0.4, -0.2) is 11.1 Å². The lowest BCUT2D eigenvalue weighted by atomic mass is 9.94. The van der Waals surface area contributed by atoms with E-state index in [1.807, 2.05) is 0 Å². The smallest absolute Gasteiger partial charge is 0.336 e. The molecule has 0 bridgehead atoms. The number of benzene rings is 2. The molecule has 2 rings (SSSR count). The van der Waals surface area contributed by atoms with Gasteiger partial charge in [-0.15, -0.1) is 0 Å². The first kappa shape index (κ1) is 13.2. The summed E-state index contributed by atoms with van der Waals surface area (Å²) in [5.41, 5.74) is 1.50. The number of halogens is 2. The Labute approximate surface area is 109 Å². The van der Waals surface area contributed by atoms with E-state index in [4.69, 9.17) is 5.11 Å². The molecular weight excluding hydrogens is 250 g/mol. The second-order valence-electron chi connectivity index (χ2n) is 4.43. The minimum atomic E-state index is -1.28. The Morgan fingerprint density at radius 3 is 2.37 bits per heavy atom. The Bertz CT molecular complexity index is 640. The maximum absolute atomic E-state index is 14.1. The highest BCUT2D eigenvalue weighted by Crippen LogP contribution is 2.31. The predicted molar refractivity (Wildman–Crippen MR) is 68.2 cm³/mol. The molecule has 0 unspecified atom stereocenters. The number of carboxylic acids is 1. The van der Waals surface area contributed by atoms with Crippen molar-refractivity contribution in [2.24, 2.45) is 0 Å². The number of hydrogen-bond acceptors (Lipinski definition) is 1. The van der Waals surface area contributed by atoms with Crippen LogP contribution in [0.25, 0.3) is 11.1 Å². The van der Waals surface area contributed by atoms with Crippen molar-refractivity contribution >= 4 is 5.97 Å². The van der Waals surface area contributed by atoms with Crippen molar-refractivity contribution in [3.05, 3.63) is 58.7 Å². The van der Waals surface area contributed by atoms with E-state index in [1.165, 1.54) is 12.1 Å². The maximum atomic E-state index is 14.1. The zero-order valence-corrected chi connectivity index (χ0v) is 10.5. The van der Waals surface area contributed by atoms with E-state index in [9.17, 15) is 13.6 Å². The summed E-state index contributed by atoms with van der Waals surface area (Å²) < 4.78 is 27.2. The molecule has 0 aliphatic rings. The Balaban J connectivity index is 2.76. The second kappa shape index (κ2) is 4.80. The minimum absolute atomic E-state index is 0.184. The van der Waals surface area contributed by atoms with Crippen LogP contribution in [0.4, 0.5) is 8.78 Å². The molecule has 0 saturated carbocycles. The number of carbonyl (C=O) groups is 1. The van der Waals surface area contributed by atoms with Crippen LogP contribution in [0.3, 0.4) is 0 Å². The van der Waals surface area contributed by atoms with Crippen molar-refractivity contribution in [1.29, 1.82) is 0 Å². The lowest BCUT2D eigenvalue weighted by Crippen LogP contribution is -2.02. The zero-order chi connectivity index (χ0) is 14.2. The molecule has 0 atom stereocenters. The number of aromatic carboxylic acids is 1. The molecule has 0 aliphatic carbocycles. The summed E-state index contributed by atoms with van der Waals surface area (Å²) in [5.74, 6) is -2.45. The van der Waals surface area contributed by atoms with E-state index >= 15 is 0 Å². The molecule has 2 aromatic carbocycles. The van der Waals surface area contributed by atoms with Crippen molar-refractivity contribution < 1.29 is 18.7 Å². The van der Waals surface area contributed by atoms with Crippen molar-refractivity contribution in [2.75, 3.05) is 0 Å². The van der Waals surface area contributed by atoms with Gasteiger partial charge >= 0.3 is 5.97 Å². The molecule has 0 aliphatic heterocycles. The van der Waals surface area contributed by atoms with Crippen molar-refractivity contribution in [3.8, 4) is 11.1 Å². The van der Waals surface area contributed by atoms with E-state index in [-0.39, 0.29) is 16.7 Å². The summed E-state index contributed by atoms with van der Waals surface area (Å²) in [6, 6.07) is 6.40. The topological polar surface area (TPSA) is 37.3 Å². The highest BCUT2D eigenvalue weighted by Gasteiger charge is 2.17. The molecule has 0 amide bonds. The first-order valence-electron chi connectivity index (χ1n) is 5.70. The predicted octanol–water partition coefficient (Wildman–Crippen LogP) is 3.95. The van der Waals surface area contributed by atoms with Gasteiger partial charge in [0.2, 0.25) is 0 Å². The van der Waals surface area contributed by atoms with Crippen LogP contribution in [0.15, 0.2) is 30.3 Å². The summed E-state index contributed by atoms with van der Waals surface area (Å²) in [5, 5.41) is 9.10. The van der Waals surface area contributed by atoms with Gasteiger partial charge < -0.3 is 5.11 Å². The fourth-order valence-electron chi connectivity index (χ4n) is 2.17. The molecule has 0 fully saturated rings. The number of carboxylic acid groups (broad SMARTS) is 1. The maximum Gasteiger partial charge on any atom is 0.336 e. The monoisotopic (exact) mass is 262 g/mol. The molecule has 2 nitrogen and oxygen atoms in total. The lowest BCUT2D eigenvalue weighted by molar-refractivity contribution is 0.0697. The van der Waals surface area contributed by atoms with Crippen LogP contribution in [0, 0.1) is 25.5 Å². The van der Waals surface area contributed by atoms with Gasteiger partial charge in [-0.05, 0) is 48.7 Å². The summed E-state index contributed by atoms with van der Waals surface area (Å²) in [6.07, 6.45) is 0. The molecule has 0 heterocycles. The van der Waals surface area contributed by atoms with Gasteiger partial charge in [0, 0.05) is 5.56 Å². The van der Waals surface area contributed by atoms with Gasteiger partial charge in [-0.1, -0.05) is 12.1 Å². The van der Waals surface area contributed by atoms with Crippen LogP contribution in [0.2, 0.25) is 0 Å². The highest BCUT2D eigenvalue weighted by molar-refractivity contribution is 5.96. The summed E-state index contributed by atoms with van der Waals surface area (Å²) >= 11 is 0. The van der Waals surface area contributed by atoms with Gasteiger partial charge in [-0.2, -0.15) is 0 Å². The largest absolute Gasteiger partial charge is 0.478 e. The molecule has 0 aromatic heterocycles. The van der Waals surface area contributed by atoms with Gasteiger partial charge in [-0.3, -0.25) is 0 Å². The van der Waals surface area contributed by atoms with Gasteiger partial charge in [0.05, 0.1) is 5.56 Å². The molecule has 4 heteroatoms. The fraction of sp³-hybridized carbons (Fsp3) is 0.133. The molecule has 19 heavy (non-hydrogen) atoms. The highest BCUT2D eigenvalue weighted by atomic mass is 19.1. The van der Waals surface area contributed by atoms with Crippen LogP contribution in [0.1, 0.15) is 21.5 Å². The van der Waals surface area contributed by atoms with E-state index in [0.29, 0.717) is 5.56 Å². The van der Waals surface area contributed by atoms with Gasteiger partial charge in [-0.25, -0.2) is 13.6 Å². The average Bonchev–Trinajstić information content (AvgIpc) is 2.29. The first-order valence-corrected chi connectivity index (χ1v) is 5.70. The average molecular weight is 262 g/mol. The minimum Gasteiger partial charge on any atom is -0.478 e. The zero-order valence-electron chi connectivity index (χ0n) is 10.5. The van der Waals surface area contributed by atoms with Crippen LogP contribution in [-0.2, 0) is 0 Å². The van der Waals surface area contributed by atoms with E-state index in [2.05, 4.69) is 0 Å². The van der Waals surface area contributed by atoms with E-state index < -0.39 is 17.6 Å². The van der Waals surface area contributed by atoms with E-state index in [1.54, 1.807) is 19.9 Å². The van der Waals surface area contributed by atoms with Crippen LogP contribution in [0.5, 0.6) is 0 Å². The van der Waals surface area contributed by atoms with E-state index in [0.717, 1.165) is 17.7 Å². The Morgan fingerprint density at radius 1 is 1.11 bits per heavy atom. The summed E-state index contributed by atoms with van der Waals surface area (Å²) in [4.78, 5) is 11.1. The first-order chi connectivity index (χ1) is 8.90. The fourth-order valence-corrected chi connectivity index (χ4v) is 2.17. The molecule has 0 saturated heterocycles. The second-order valence-corrected chi connectivity index (χ2v) is 4.43. The van der Waals surface area contributed by atoms with Crippen molar-refractivity contribution in [2.45, 2.75) is 13.8 Å². The van der Waals surface area contributed by atoms with Gasteiger partial charge in [0.1, 0.15) is 11.6 Å². The third kappa shape index (κ3) is 2.47. The third-order valence-corrected chi connectivity index (χ3v) is 2.91. The number of rotatable bonds is 2. The van der Waals surface area contributed by atoms with Crippen molar-refractivity contribution in [1.82, 2.24) is 0 Å². The Hall–Kier alpha value is -2.23. The Kier molecular flexibility index (Phi) is 3.34. The normalized spacial score (nSPS) is 10.5. The quantitative estimate of drug-likeness (QED) is 0.889. The van der Waals surface area contributed by atoms with Gasteiger partial charge in [0.25, 0.3) is 0 Å². The number of hydrogen-bond donors (Lipinski definition) is 1.